The van der Waals surface area contributed by atoms with Crippen molar-refractivity contribution in [2.24, 2.45) is 5.73 Å². The molecular formula is C24H25N5O4. The molecule has 3 aromatic rings. The van der Waals surface area contributed by atoms with Crippen LogP contribution in [0.25, 0.3) is 0 Å². The minimum Gasteiger partial charge on any atom is -0.478 e. The third-order valence-electron chi connectivity index (χ3n) is 5.28. The summed E-state index contributed by atoms with van der Waals surface area (Å²) in [6, 6.07) is 19.0. The van der Waals surface area contributed by atoms with Crippen molar-refractivity contribution < 1.29 is 9.90 Å². The van der Waals surface area contributed by atoms with Crippen LogP contribution < -0.4 is 21.9 Å². The molecule has 9 nitrogen and oxygen atoms in total. The summed E-state index contributed by atoms with van der Waals surface area (Å²) >= 11 is 0. The van der Waals surface area contributed by atoms with Gasteiger partial charge in [0.2, 0.25) is 0 Å². The molecule has 4 rings (SSSR count). The highest BCUT2D eigenvalue weighted by molar-refractivity contribution is 5.87. The van der Waals surface area contributed by atoms with Crippen LogP contribution in [0, 0.1) is 11.3 Å². The number of aromatic nitrogens is 2. The number of aromatic amines is 1. The van der Waals surface area contributed by atoms with E-state index in [0.29, 0.717) is 23.5 Å². The summed E-state index contributed by atoms with van der Waals surface area (Å²) in [7, 11) is 0. The molecule has 33 heavy (non-hydrogen) atoms. The van der Waals surface area contributed by atoms with E-state index < -0.39 is 17.2 Å². The van der Waals surface area contributed by atoms with Crippen LogP contribution in [-0.4, -0.2) is 39.8 Å². The van der Waals surface area contributed by atoms with Gasteiger partial charge in [-0.3, -0.25) is 14.3 Å². The number of carboxylic acid groups (broad SMARTS) is 1. The van der Waals surface area contributed by atoms with Gasteiger partial charge in [-0.1, -0.05) is 36.4 Å². The minimum absolute atomic E-state index is 0.0213. The highest BCUT2D eigenvalue weighted by Crippen LogP contribution is 2.18. The van der Waals surface area contributed by atoms with Gasteiger partial charge in [0.05, 0.1) is 23.7 Å². The molecule has 1 aromatic heterocycles. The Morgan fingerprint density at radius 3 is 2.48 bits per heavy atom. The summed E-state index contributed by atoms with van der Waals surface area (Å²) < 4.78 is 1.50. The maximum Gasteiger partial charge on any atom is 0.335 e. The largest absolute Gasteiger partial charge is 0.478 e. The lowest BCUT2D eigenvalue weighted by atomic mass is 10.1. The van der Waals surface area contributed by atoms with Crippen molar-refractivity contribution in [3.8, 4) is 6.07 Å². The van der Waals surface area contributed by atoms with Crippen LogP contribution in [0.2, 0.25) is 0 Å². The lowest BCUT2D eigenvalue weighted by Gasteiger charge is -2.33. The molecule has 1 aliphatic rings. The monoisotopic (exact) mass is 447 g/mol. The number of aromatic carboxylic acids is 1. The summed E-state index contributed by atoms with van der Waals surface area (Å²) in [6.07, 6.45) is 1.85. The number of anilines is 1. The summed E-state index contributed by atoms with van der Waals surface area (Å²) in [4.78, 5) is 38.6. The van der Waals surface area contributed by atoms with Crippen LogP contribution in [0.5, 0.6) is 0 Å². The molecule has 4 N–H and O–H groups in total. The van der Waals surface area contributed by atoms with Gasteiger partial charge in [0.1, 0.15) is 5.82 Å². The van der Waals surface area contributed by atoms with Gasteiger partial charge in [0.25, 0.3) is 5.56 Å². The normalized spacial score (nSPS) is 15.2. The van der Waals surface area contributed by atoms with Crippen molar-refractivity contribution in [1.29, 1.82) is 5.26 Å². The first-order chi connectivity index (χ1) is 15.9. The Morgan fingerprint density at radius 2 is 1.85 bits per heavy atom. The molecule has 2 heterocycles. The molecule has 1 fully saturated rings. The first kappa shape index (κ1) is 23.5. The molecule has 0 saturated carbocycles. The molecule has 1 saturated heterocycles. The number of rotatable bonds is 4. The molecule has 1 aliphatic heterocycles. The van der Waals surface area contributed by atoms with E-state index >= 15 is 0 Å². The van der Waals surface area contributed by atoms with Crippen LogP contribution in [-0.2, 0) is 6.54 Å². The Kier molecular flexibility index (Phi) is 7.78. The number of H-pyrrole nitrogens is 1. The molecule has 0 amide bonds. The van der Waals surface area contributed by atoms with E-state index in [1.807, 2.05) is 17.0 Å². The summed E-state index contributed by atoms with van der Waals surface area (Å²) in [5.41, 5.74) is 6.69. The average molecular weight is 447 g/mol. The molecule has 170 valence electrons. The first-order valence-electron chi connectivity index (χ1n) is 10.5. The van der Waals surface area contributed by atoms with Crippen LogP contribution in [0.4, 0.5) is 5.82 Å². The standard InChI is InChI=1S/C17H19N5O2.C7H6O2/c18-9-12-4-1-2-5-13(12)10-22-16(8-15(23)20-17(22)24)21-7-3-6-14(19)11-21;8-7(9)6-4-2-1-3-5-6/h1-2,4-5,8,14H,3,6-7,10-11,19H2,(H,20,23,24);1-5H,(H,8,9)/t14-;/m1./s1. The van der Waals surface area contributed by atoms with Gasteiger partial charge in [-0.2, -0.15) is 5.26 Å². The molecule has 9 heteroatoms. The van der Waals surface area contributed by atoms with E-state index in [2.05, 4.69) is 11.1 Å². The second-order valence-corrected chi connectivity index (χ2v) is 7.67. The van der Waals surface area contributed by atoms with E-state index in [1.165, 1.54) is 10.6 Å². The van der Waals surface area contributed by atoms with Crippen LogP contribution in [0.15, 0.2) is 70.3 Å². The van der Waals surface area contributed by atoms with Gasteiger partial charge in [-0.25, -0.2) is 9.59 Å². The second-order valence-electron chi connectivity index (χ2n) is 7.67. The predicted molar refractivity (Wildman–Crippen MR) is 124 cm³/mol. The summed E-state index contributed by atoms with van der Waals surface area (Å²) in [6.45, 7) is 1.57. The van der Waals surface area contributed by atoms with Gasteiger partial charge < -0.3 is 15.7 Å². The number of carbonyl (C=O) groups is 1. The molecule has 0 radical (unpaired) electrons. The van der Waals surface area contributed by atoms with Gasteiger partial charge in [0.15, 0.2) is 0 Å². The Hall–Kier alpha value is -4.16. The SMILES string of the molecule is N#Cc1ccccc1Cn1c(N2CCC[C@@H](N)C2)cc(=O)[nH]c1=O.O=C(O)c1ccccc1. The maximum atomic E-state index is 12.4. The number of hydrogen-bond acceptors (Lipinski definition) is 6. The van der Waals surface area contributed by atoms with Crippen molar-refractivity contribution in [3.63, 3.8) is 0 Å². The molecule has 0 bridgehead atoms. The Morgan fingerprint density at radius 1 is 1.15 bits per heavy atom. The van der Waals surface area contributed by atoms with Crippen molar-refractivity contribution in [2.45, 2.75) is 25.4 Å². The quantitative estimate of drug-likeness (QED) is 0.552. The molecule has 0 aliphatic carbocycles. The highest BCUT2D eigenvalue weighted by Gasteiger charge is 2.21. The number of benzene rings is 2. The minimum atomic E-state index is -0.879. The van der Waals surface area contributed by atoms with E-state index in [9.17, 15) is 19.6 Å². The maximum absolute atomic E-state index is 12.4. The fourth-order valence-corrected chi connectivity index (χ4v) is 3.66. The Labute approximate surface area is 190 Å². The fourth-order valence-electron chi connectivity index (χ4n) is 3.66. The van der Waals surface area contributed by atoms with Crippen LogP contribution in [0.3, 0.4) is 0 Å². The highest BCUT2D eigenvalue weighted by atomic mass is 16.4. The van der Waals surface area contributed by atoms with E-state index in [1.54, 1.807) is 42.5 Å². The third-order valence-corrected chi connectivity index (χ3v) is 5.28. The van der Waals surface area contributed by atoms with Crippen molar-refractivity contribution in [3.05, 3.63) is 98.2 Å². The zero-order valence-electron chi connectivity index (χ0n) is 18.0. The van der Waals surface area contributed by atoms with E-state index in [-0.39, 0.29) is 12.6 Å². The predicted octanol–water partition coefficient (Wildman–Crippen LogP) is 1.77. The average Bonchev–Trinajstić information content (AvgIpc) is 2.82. The lowest BCUT2D eigenvalue weighted by molar-refractivity contribution is 0.0697. The van der Waals surface area contributed by atoms with Crippen LogP contribution in [0.1, 0.15) is 34.3 Å². The second kappa shape index (κ2) is 10.9. The van der Waals surface area contributed by atoms with E-state index in [4.69, 9.17) is 10.8 Å². The van der Waals surface area contributed by atoms with Crippen LogP contribution >= 0.6 is 0 Å². The van der Waals surface area contributed by atoms with Gasteiger partial charge in [-0.05, 0) is 36.6 Å². The number of piperidine rings is 1. The Balaban J connectivity index is 0.000000286. The molecule has 1 atom stereocenters. The summed E-state index contributed by atoms with van der Waals surface area (Å²) in [5, 5.41) is 17.6. The van der Waals surface area contributed by atoms with Gasteiger partial charge in [0, 0.05) is 25.2 Å². The van der Waals surface area contributed by atoms with Gasteiger partial charge >= 0.3 is 11.7 Å². The zero-order chi connectivity index (χ0) is 23.8. The zero-order valence-corrected chi connectivity index (χ0v) is 18.0. The molecule has 0 unspecified atom stereocenters. The summed E-state index contributed by atoms with van der Waals surface area (Å²) in [5.74, 6) is -0.331. The van der Waals surface area contributed by atoms with Crippen molar-refractivity contribution in [1.82, 2.24) is 9.55 Å². The Bertz CT molecular complexity index is 1260. The fraction of sp³-hybridized carbons (Fsp3) is 0.250. The topological polar surface area (TPSA) is 145 Å². The number of nitrogens with zero attached hydrogens (tertiary/aromatic N) is 3. The third kappa shape index (κ3) is 6.18. The van der Waals surface area contributed by atoms with Crippen molar-refractivity contribution >= 4 is 11.8 Å². The molecule has 2 aromatic carbocycles. The lowest BCUT2D eigenvalue weighted by Crippen LogP contribution is -2.46. The number of nitriles is 1. The molecular weight excluding hydrogens is 422 g/mol. The number of carboxylic acids is 1. The first-order valence-corrected chi connectivity index (χ1v) is 10.5. The van der Waals surface area contributed by atoms with E-state index in [0.717, 1.165) is 24.9 Å². The number of hydrogen-bond donors (Lipinski definition) is 3. The number of nitrogens with one attached hydrogen (secondary N) is 1. The van der Waals surface area contributed by atoms with Crippen molar-refractivity contribution in [2.75, 3.05) is 18.0 Å². The van der Waals surface area contributed by atoms with Gasteiger partial charge in [-0.15, -0.1) is 0 Å². The smallest absolute Gasteiger partial charge is 0.335 e. The number of nitrogens with two attached hydrogens (primary N) is 1. The molecule has 0 spiro atoms.